The molecule has 1 atom stereocenters. The van der Waals surface area contributed by atoms with Gasteiger partial charge in [-0.15, -0.1) is 0 Å². The number of hydrogen-bond donors (Lipinski definition) is 0. The number of carbonyl (C=O) groups is 1. The largest absolute Gasteiger partial charge is 0.490 e. The fraction of sp³-hybridized carbons (Fsp3) is 0.667. The predicted octanol–water partition coefficient (Wildman–Crippen LogP) is 7.18. The van der Waals surface area contributed by atoms with Crippen LogP contribution in [0.2, 0.25) is 16.6 Å². The van der Waals surface area contributed by atoms with Crippen LogP contribution in [0.15, 0.2) is 28.8 Å². The van der Waals surface area contributed by atoms with Crippen LogP contribution in [0, 0.1) is 5.92 Å². The third-order valence-electron chi connectivity index (χ3n) is 8.50. The summed E-state index contributed by atoms with van der Waals surface area (Å²) in [6.07, 6.45) is 4.62. The third-order valence-corrected chi connectivity index (χ3v) is 15.2. The quantitative estimate of drug-likeness (QED) is 0.373. The molecule has 2 aliphatic rings. The molecule has 3 heterocycles. The Balaban J connectivity index is 1.44. The van der Waals surface area contributed by atoms with E-state index in [1.54, 1.807) is 0 Å². The molecule has 1 fully saturated rings. The van der Waals surface area contributed by atoms with Gasteiger partial charge in [-0.2, -0.15) is 0 Å². The zero-order chi connectivity index (χ0) is 27.1. The number of likely N-dealkylation sites (tertiary alicyclic amines) is 1. The Morgan fingerprint density at radius 2 is 1.68 bits per heavy atom. The number of ether oxygens (including phenoxy) is 2. The Morgan fingerprint density at radius 1 is 1.05 bits per heavy atom. The summed E-state index contributed by atoms with van der Waals surface area (Å²) < 4.78 is 18.5. The highest BCUT2D eigenvalue weighted by molar-refractivity contribution is 6.93. The molecule has 1 amide bonds. The van der Waals surface area contributed by atoms with Gasteiger partial charge in [-0.1, -0.05) is 41.5 Å². The van der Waals surface area contributed by atoms with Gasteiger partial charge < -0.3 is 18.8 Å². The summed E-state index contributed by atoms with van der Waals surface area (Å²) in [6.45, 7) is 21.2. The van der Waals surface area contributed by atoms with Crippen LogP contribution in [-0.2, 0) is 11.2 Å². The van der Waals surface area contributed by atoms with Gasteiger partial charge in [0.25, 0.3) is 0 Å². The molecule has 6 nitrogen and oxygen atoms in total. The summed E-state index contributed by atoms with van der Waals surface area (Å²) in [6, 6.07) is 6.40. The van der Waals surface area contributed by atoms with Crippen LogP contribution in [0.4, 0.5) is 4.79 Å². The van der Waals surface area contributed by atoms with E-state index in [0.29, 0.717) is 22.5 Å². The highest BCUT2D eigenvalue weighted by Crippen LogP contribution is 2.42. The minimum atomic E-state index is -1.94. The molecule has 0 saturated carbocycles. The molecule has 2 aromatic rings. The molecule has 37 heavy (non-hydrogen) atoms. The standard InChI is InChI=1S/C30H46N2O4Si/c1-19(2)37(20(3)4,21(5)6)28-31-18-27(35-28)23-10-11-25-24(16-23)17-26(34-25)22-12-14-32(15-13-22)29(33)36-30(7,8)9/h10-11,16,18-22,26H,12-15,17H2,1-9H3. The van der Waals surface area contributed by atoms with Gasteiger partial charge >= 0.3 is 6.09 Å². The van der Waals surface area contributed by atoms with E-state index in [1.165, 1.54) is 5.56 Å². The Labute approximate surface area is 224 Å². The van der Waals surface area contributed by atoms with E-state index in [1.807, 2.05) is 31.9 Å². The first-order chi connectivity index (χ1) is 17.3. The maximum Gasteiger partial charge on any atom is 0.410 e. The van der Waals surface area contributed by atoms with Crippen molar-refractivity contribution in [2.45, 2.75) is 110 Å². The molecule has 0 bridgehead atoms. The highest BCUT2D eigenvalue weighted by atomic mass is 28.3. The van der Waals surface area contributed by atoms with Crippen LogP contribution in [-0.4, -0.2) is 48.8 Å². The number of amides is 1. The molecular weight excluding hydrogens is 480 g/mol. The van der Waals surface area contributed by atoms with E-state index in [-0.39, 0.29) is 12.2 Å². The summed E-state index contributed by atoms with van der Waals surface area (Å²) in [4.78, 5) is 19.1. The number of hydrogen-bond acceptors (Lipinski definition) is 5. The van der Waals surface area contributed by atoms with Gasteiger partial charge in [0.15, 0.2) is 19.3 Å². The number of fused-ring (bicyclic) bond motifs is 1. The van der Waals surface area contributed by atoms with Crippen molar-refractivity contribution in [3.8, 4) is 17.1 Å². The number of aromatic nitrogens is 1. The fourth-order valence-electron chi connectivity index (χ4n) is 6.82. The number of carbonyl (C=O) groups excluding carboxylic acids is 1. The van der Waals surface area contributed by atoms with Crippen LogP contribution >= 0.6 is 0 Å². The number of benzene rings is 1. The molecule has 7 heteroatoms. The lowest BCUT2D eigenvalue weighted by Crippen LogP contribution is -2.56. The van der Waals surface area contributed by atoms with Crippen LogP contribution in [0.3, 0.4) is 0 Å². The van der Waals surface area contributed by atoms with Crippen molar-refractivity contribution in [1.29, 1.82) is 0 Å². The number of nitrogens with zero attached hydrogens (tertiary/aromatic N) is 2. The van der Waals surface area contributed by atoms with Crippen molar-refractivity contribution in [1.82, 2.24) is 9.88 Å². The van der Waals surface area contributed by atoms with Crippen molar-refractivity contribution in [2.75, 3.05) is 13.1 Å². The van der Waals surface area contributed by atoms with E-state index in [0.717, 1.165) is 54.9 Å². The number of rotatable bonds is 6. The zero-order valence-electron chi connectivity index (χ0n) is 24.3. The van der Waals surface area contributed by atoms with Crippen molar-refractivity contribution in [3.63, 3.8) is 0 Å². The summed E-state index contributed by atoms with van der Waals surface area (Å²) >= 11 is 0. The number of oxazole rings is 1. The van der Waals surface area contributed by atoms with Gasteiger partial charge in [0.05, 0.1) is 6.20 Å². The zero-order valence-corrected chi connectivity index (χ0v) is 25.3. The lowest BCUT2D eigenvalue weighted by Gasteiger charge is -2.39. The average Bonchev–Trinajstić information content (AvgIpc) is 3.45. The van der Waals surface area contributed by atoms with E-state index < -0.39 is 13.7 Å². The van der Waals surface area contributed by atoms with Crippen LogP contribution < -0.4 is 10.3 Å². The van der Waals surface area contributed by atoms with Crippen molar-refractivity contribution >= 4 is 19.7 Å². The smallest absolute Gasteiger partial charge is 0.410 e. The predicted molar refractivity (Wildman–Crippen MR) is 151 cm³/mol. The Bertz CT molecular complexity index is 1070. The molecule has 4 rings (SSSR count). The van der Waals surface area contributed by atoms with E-state index in [2.05, 4.69) is 59.7 Å². The van der Waals surface area contributed by atoms with Gasteiger partial charge in [0.2, 0.25) is 0 Å². The van der Waals surface area contributed by atoms with Gasteiger partial charge in [0.1, 0.15) is 17.5 Å². The highest BCUT2D eigenvalue weighted by Gasteiger charge is 2.49. The van der Waals surface area contributed by atoms with Gasteiger partial charge in [0, 0.05) is 25.1 Å². The van der Waals surface area contributed by atoms with Gasteiger partial charge in [-0.05, 0) is 79.9 Å². The van der Waals surface area contributed by atoms with E-state index in [9.17, 15) is 4.79 Å². The second kappa shape index (κ2) is 10.5. The molecule has 1 saturated heterocycles. The van der Waals surface area contributed by atoms with Crippen molar-refractivity contribution in [2.24, 2.45) is 5.92 Å². The van der Waals surface area contributed by atoms with Gasteiger partial charge in [-0.25, -0.2) is 9.78 Å². The molecule has 1 aromatic carbocycles. The Morgan fingerprint density at radius 3 is 2.24 bits per heavy atom. The minimum Gasteiger partial charge on any atom is -0.490 e. The van der Waals surface area contributed by atoms with E-state index >= 15 is 0 Å². The van der Waals surface area contributed by atoms with E-state index in [4.69, 9.17) is 18.9 Å². The molecule has 1 unspecified atom stereocenters. The monoisotopic (exact) mass is 526 g/mol. The molecular formula is C30H46N2O4Si. The SMILES string of the molecule is CC(C)[Si](c1ncc(-c2ccc3c(c2)CC(C2CCN(C(=O)OC(C)(C)C)CC2)O3)o1)(C(C)C)C(C)C. The number of piperidine rings is 1. The Hall–Kier alpha value is -2.28. The van der Waals surface area contributed by atoms with Crippen molar-refractivity contribution < 1.29 is 18.7 Å². The summed E-state index contributed by atoms with van der Waals surface area (Å²) in [5.74, 6) is 2.25. The first kappa shape index (κ1) is 27.7. The molecule has 204 valence electrons. The lowest BCUT2D eigenvalue weighted by atomic mass is 9.89. The summed E-state index contributed by atoms with van der Waals surface area (Å²) in [7, 11) is -1.94. The Kier molecular flexibility index (Phi) is 7.85. The summed E-state index contributed by atoms with van der Waals surface area (Å²) in [5, 5.41) is 0. The van der Waals surface area contributed by atoms with Crippen LogP contribution in [0.25, 0.3) is 11.3 Å². The maximum absolute atomic E-state index is 12.4. The third kappa shape index (κ3) is 5.47. The molecule has 0 N–H and O–H groups in total. The molecule has 0 spiro atoms. The second-order valence-corrected chi connectivity index (χ2v) is 18.7. The van der Waals surface area contributed by atoms with Crippen molar-refractivity contribution in [3.05, 3.63) is 30.0 Å². The molecule has 2 aliphatic heterocycles. The average molecular weight is 527 g/mol. The second-order valence-electron chi connectivity index (χ2n) is 12.9. The normalized spacial score (nSPS) is 19.0. The van der Waals surface area contributed by atoms with Crippen LogP contribution in [0.5, 0.6) is 5.75 Å². The minimum absolute atomic E-state index is 0.152. The fourth-order valence-corrected chi connectivity index (χ4v) is 12.9. The summed E-state index contributed by atoms with van der Waals surface area (Å²) in [5.41, 5.74) is 4.47. The topological polar surface area (TPSA) is 64.8 Å². The maximum atomic E-state index is 12.4. The molecule has 0 aliphatic carbocycles. The first-order valence-electron chi connectivity index (χ1n) is 14.1. The molecule has 1 aromatic heterocycles. The van der Waals surface area contributed by atoms with Crippen LogP contribution in [0.1, 0.15) is 80.7 Å². The first-order valence-corrected chi connectivity index (χ1v) is 16.3. The van der Waals surface area contributed by atoms with Gasteiger partial charge in [-0.3, -0.25) is 0 Å². The lowest BCUT2D eigenvalue weighted by molar-refractivity contribution is 0.0123. The molecule has 0 radical (unpaired) electrons.